The Bertz CT molecular complexity index is 873. The molecule has 1 N–H and O–H groups in total. The van der Waals surface area contributed by atoms with Crippen molar-refractivity contribution in [2.75, 3.05) is 19.7 Å². The quantitative estimate of drug-likeness (QED) is 0.824. The smallest absolute Gasteiger partial charge is 0.410 e. The molecule has 3 saturated heterocycles. The number of allylic oxidation sites excluding steroid dienone is 1. The summed E-state index contributed by atoms with van der Waals surface area (Å²) in [6, 6.07) is 9.11. The zero-order valence-electron chi connectivity index (χ0n) is 17.5. The van der Waals surface area contributed by atoms with Crippen LogP contribution in [-0.2, 0) is 14.9 Å². The van der Waals surface area contributed by atoms with Gasteiger partial charge in [-0.2, -0.15) is 0 Å². The first kappa shape index (κ1) is 19.6. The Morgan fingerprint density at radius 1 is 1.10 bits per heavy atom. The van der Waals surface area contributed by atoms with E-state index < -0.39 is 5.97 Å². The highest BCUT2D eigenvalue weighted by molar-refractivity contribution is 6.17. The lowest BCUT2D eigenvalue weighted by Gasteiger charge is -2.47. The van der Waals surface area contributed by atoms with Crippen molar-refractivity contribution in [3.63, 3.8) is 0 Å². The summed E-state index contributed by atoms with van der Waals surface area (Å²) in [5.74, 6) is -0.829. The Morgan fingerprint density at radius 3 is 2.40 bits per heavy atom. The minimum absolute atomic E-state index is 0.144. The molecular weight excluding hydrogens is 380 g/mol. The number of carboxylic acid groups (broad SMARTS) is 1. The van der Waals surface area contributed by atoms with Crippen molar-refractivity contribution in [1.82, 2.24) is 9.80 Å². The average molecular weight is 411 g/mol. The number of likely N-dealkylation sites (tertiary alicyclic amines) is 1. The van der Waals surface area contributed by atoms with Crippen LogP contribution < -0.4 is 0 Å². The molecule has 6 heteroatoms. The van der Waals surface area contributed by atoms with Crippen molar-refractivity contribution in [3.8, 4) is 0 Å². The van der Waals surface area contributed by atoms with Crippen LogP contribution >= 0.6 is 0 Å². The number of fused-ring (bicyclic) bond motifs is 4. The van der Waals surface area contributed by atoms with Crippen molar-refractivity contribution < 1.29 is 19.4 Å². The number of benzene rings is 1. The number of ether oxygens (including phenoxy) is 1. The first-order chi connectivity index (χ1) is 14.5. The standard InChI is InChI=1S/C24H30N2O4/c1-2-30-23(29)26-16-7-8-17(26)14-18(13-16)25-11-9-24(10-12-25)15-20(22(27)28)19-5-3-4-6-21(19)24/h3-6,15-18H,2,7-14H2,1H3,(H,27,28). The fourth-order valence-electron chi connectivity index (χ4n) is 6.41. The molecule has 5 rings (SSSR count). The summed E-state index contributed by atoms with van der Waals surface area (Å²) in [6.07, 6.45) is 7.98. The maximum Gasteiger partial charge on any atom is 0.410 e. The van der Waals surface area contributed by atoms with Gasteiger partial charge in [0.2, 0.25) is 0 Å². The number of carboxylic acids is 1. The van der Waals surface area contributed by atoms with Gasteiger partial charge in [0.05, 0.1) is 12.2 Å². The third kappa shape index (κ3) is 3.04. The molecule has 3 fully saturated rings. The maximum atomic E-state index is 12.4. The topological polar surface area (TPSA) is 70.1 Å². The van der Waals surface area contributed by atoms with E-state index in [1.54, 1.807) is 0 Å². The number of piperidine rings is 2. The molecule has 1 spiro atoms. The van der Waals surface area contributed by atoms with Gasteiger partial charge in [-0.05, 0) is 69.7 Å². The second kappa shape index (κ2) is 7.41. The number of amides is 1. The van der Waals surface area contributed by atoms with Gasteiger partial charge in [-0.1, -0.05) is 30.3 Å². The third-order valence-corrected chi connectivity index (χ3v) is 7.80. The molecule has 160 valence electrons. The second-order valence-corrected chi connectivity index (χ2v) is 9.22. The Balaban J connectivity index is 1.29. The van der Waals surface area contributed by atoms with Crippen molar-refractivity contribution in [2.45, 2.75) is 69.0 Å². The normalized spacial score (nSPS) is 29.6. The van der Waals surface area contributed by atoms with E-state index in [1.165, 1.54) is 5.56 Å². The summed E-state index contributed by atoms with van der Waals surface area (Å²) in [5, 5.41) is 9.68. The molecule has 1 aliphatic carbocycles. The summed E-state index contributed by atoms with van der Waals surface area (Å²) in [5.41, 5.74) is 2.38. The summed E-state index contributed by atoms with van der Waals surface area (Å²) in [4.78, 5) is 28.7. The van der Waals surface area contributed by atoms with Crippen molar-refractivity contribution in [2.24, 2.45) is 0 Å². The number of rotatable bonds is 3. The van der Waals surface area contributed by atoms with Crippen LogP contribution in [0.4, 0.5) is 4.79 Å². The molecule has 2 unspecified atom stereocenters. The van der Waals surface area contributed by atoms with Crippen LogP contribution in [0.3, 0.4) is 0 Å². The van der Waals surface area contributed by atoms with E-state index in [0.29, 0.717) is 30.3 Å². The largest absolute Gasteiger partial charge is 0.478 e. The third-order valence-electron chi connectivity index (χ3n) is 7.80. The number of nitrogens with zero attached hydrogens (tertiary/aromatic N) is 2. The molecule has 1 aromatic carbocycles. The Labute approximate surface area is 177 Å². The van der Waals surface area contributed by atoms with Gasteiger partial charge in [0.1, 0.15) is 0 Å². The molecule has 0 radical (unpaired) electrons. The lowest BCUT2D eigenvalue weighted by Crippen LogP contribution is -2.55. The van der Waals surface area contributed by atoms with Crippen LogP contribution in [0, 0.1) is 0 Å². The van der Waals surface area contributed by atoms with Gasteiger partial charge in [-0.15, -0.1) is 0 Å². The highest BCUT2D eigenvalue weighted by Crippen LogP contribution is 2.48. The van der Waals surface area contributed by atoms with Crippen LogP contribution in [0.1, 0.15) is 56.6 Å². The Kier molecular flexibility index (Phi) is 4.85. The molecule has 30 heavy (non-hydrogen) atoms. The van der Waals surface area contributed by atoms with E-state index in [4.69, 9.17) is 4.74 Å². The zero-order valence-corrected chi connectivity index (χ0v) is 17.5. The van der Waals surface area contributed by atoms with Crippen LogP contribution in [0.2, 0.25) is 0 Å². The number of carbonyl (C=O) groups excluding carboxylic acids is 1. The molecule has 0 aromatic heterocycles. The Morgan fingerprint density at radius 2 is 1.77 bits per heavy atom. The average Bonchev–Trinajstić information content (AvgIpc) is 3.21. The molecule has 2 bridgehead atoms. The molecule has 0 saturated carbocycles. The van der Waals surface area contributed by atoms with Crippen molar-refractivity contribution in [1.29, 1.82) is 0 Å². The summed E-state index contributed by atoms with van der Waals surface area (Å²) >= 11 is 0. The molecule has 1 aromatic rings. The van der Waals surface area contributed by atoms with Crippen LogP contribution in [0.25, 0.3) is 5.57 Å². The minimum atomic E-state index is -0.829. The van der Waals surface area contributed by atoms with Crippen LogP contribution in [-0.4, -0.2) is 64.8 Å². The summed E-state index contributed by atoms with van der Waals surface area (Å²) in [6.45, 7) is 4.24. The molecular formula is C24H30N2O4. The second-order valence-electron chi connectivity index (χ2n) is 9.22. The molecule has 3 heterocycles. The van der Waals surface area contributed by atoms with E-state index in [9.17, 15) is 14.7 Å². The number of hydrogen-bond acceptors (Lipinski definition) is 4. The lowest BCUT2D eigenvalue weighted by molar-refractivity contribution is -0.130. The van der Waals surface area contributed by atoms with E-state index in [2.05, 4.69) is 11.0 Å². The Hall–Kier alpha value is -2.34. The number of hydrogen-bond donors (Lipinski definition) is 1. The van der Waals surface area contributed by atoms with Crippen molar-refractivity contribution >= 4 is 17.6 Å². The van der Waals surface area contributed by atoms with Gasteiger partial charge in [0.15, 0.2) is 0 Å². The van der Waals surface area contributed by atoms with Crippen molar-refractivity contribution in [3.05, 3.63) is 41.5 Å². The van der Waals surface area contributed by atoms with E-state index >= 15 is 0 Å². The first-order valence-electron chi connectivity index (χ1n) is 11.3. The summed E-state index contributed by atoms with van der Waals surface area (Å²) in [7, 11) is 0. The lowest BCUT2D eigenvalue weighted by atomic mass is 9.74. The fourth-order valence-corrected chi connectivity index (χ4v) is 6.41. The fraction of sp³-hybridized carbons (Fsp3) is 0.583. The molecule has 2 atom stereocenters. The zero-order chi connectivity index (χ0) is 20.9. The molecule has 4 aliphatic rings. The molecule has 3 aliphatic heterocycles. The predicted molar refractivity (Wildman–Crippen MR) is 113 cm³/mol. The molecule has 6 nitrogen and oxygen atoms in total. The van der Waals surface area contributed by atoms with E-state index in [-0.39, 0.29) is 11.5 Å². The van der Waals surface area contributed by atoms with Gasteiger partial charge >= 0.3 is 12.1 Å². The predicted octanol–water partition coefficient (Wildman–Crippen LogP) is 3.65. The van der Waals surface area contributed by atoms with Gasteiger partial charge < -0.3 is 19.6 Å². The highest BCUT2D eigenvalue weighted by atomic mass is 16.6. The maximum absolute atomic E-state index is 12.4. The number of carbonyl (C=O) groups is 2. The highest BCUT2D eigenvalue weighted by Gasteiger charge is 2.48. The molecule has 1 amide bonds. The van der Waals surface area contributed by atoms with Gasteiger partial charge in [0.25, 0.3) is 0 Å². The van der Waals surface area contributed by atoms with Gasteiger partial charge in [-0.25, -0.2) is 9.59 Å². The monoisotopic (exact) mass is 410 g/mol. The van der Waals surface area contributed by atoms with Gasteiger partial charge in [-0.3, -0.25) is 0 Å². The van der Waals surface area contributed by atoms with E-state index in [0.717, 1.165) is 57.2 Å². The minimum Gasteiger partial charge on any atom is -0.478 e. The van der Waals surface area contributed by atoms with E-state index in [1.807, 2.05) is 36.1 Å². The first-order valence-corrected chi connectivity index (χ1v) is 11.3. The van der Waals surface area contributed by atoms with Crippen LogP contribution in [0.15, 0.2) is 30.3 Å². The van der Waals surface area contributed by atoms with Gasteiger partial charge in [0, 0.05) is 23.5 Å². The summed E-state index contributed by atoms with van der Waals surface area (Å²) < 4.78 is 5.29. The van der Waals surface area contributed by atoms with Crippen LogP contribution in [0.5, 0.6) is 0 Å². The SMILES string of the molecule is CCOC(=O)N1C2CCC1CC(N1CCC3(C=C(C(=O)O)c4ccccc43)CC1)C2. The number of aliphatic carboxylic acids is 1.